The Labute approximate surface area is 144 Å². The molecule has 0 bridgehead atoms. The van der Waals surface area contributed by atoms with Crippen molar-refractivity contribution in [2.24, 2.45) is 5.92 Å². The van der Waals surface area contributed by atoms with Gasteiger partial charge in [-0.05, 0) is 30.7 Å². The maximum absolute atomic E-state index is 5.92. The number of benzene rings is 1. The summed E-state index contributed by atoms with van der Waals surface area (Å²) in [6, 6.07) is 8.64. The van der Waals surface area contributed by atoms with Crippen molar-refractivity contribution in [2.45, 2.75) is 44.1 Å². The fraction of sp³-hybridized carbons (Fsp3) is 0.529. The topological polar surface area (TPSA) is 39.9 Å². The Kier molecular flexibility index (Phi) is 3.94. The van der Waals surface area contributed by atoms with E-state index in [0.717, 1.165) is 6.42 Å². The molecule has 3 atom stereocenters. The fourth-order valence-electron chi connectivity index (χ4n) is 4.26. The Balaban J connectivity index is 1.93. The van der Waals surface area contributed by atoms with Crippen LogP contribution in [0.1, 0.15) is 42.9 Å². The van der Waals surface area contributed by atoms with Crippen LogP contribution >= 0.6 is 22.9 Å². The van der Waals surface area contributed by atoms with Crippen LogP contribution in [0.5, 0.6) is 0 Å². The molecule has 2 unspecified atom stereocenters. The highest BCUT2D eigenvalue weighted by Crippen LogP contribution is 2.46. The number of ether oxygens (including phenoxy) is 1. The van der Waals surface area contributed by atoms with Crippen molar-refractivity contribution in [3.63, 3.8) is 0 Å². The van der Waals surface area contributed by atoms with Crippen LogP contribution < -0.4 is 0 Å². The normalized spacial score (nSPS) is 27.3. The first kappa shape index (κ1) is 14.6. The van der Waals surface area contributed by atoms with Crippen LogP contribution in [0.4, 0.5) is 0 Å². The van der Waals surface area contributed by atoms with Gasteiger partial charge in [-0.3, -0.25) is 0 Å². The van der Waals surface area contributed by atoms with Crippen molar-refractivity contribution < 1.29 is 4.74 Å². The van der Waals surface area contributed by atoms with E-state index in [1.54, 1.807) is 0 Å². The summed E-state index contributed by atoms with van der Waals surface area (Å²) in [7, 11) is 1.86. The fourth-order valence-corrected chi connectivity index (χ4v) is 4.86. The number of fused-ring (bicyclic) bond motifs is 5. The summed E-state index contributed by atoms with van der Waals surface area (Å²) in [6.45, 7) is 0. The first-order valence-corrected chi connectivity index (χ1v) is 8.99. The molecular formula is C17H20IN3O. The van der Waals surface area contributed by atoms with Gasteiger partial charge in [-0.2, -0.15) is 2.90 Å². The number of methoxy groups -OCH3 is 1. The molecule has 22 heavy (non-hydrogen) atoms. The van der Waals surface area contributed by atoms with Crippen LogP contribution in [0, 0.1) is 5.92 Å². The van der Waals surface area contributed by atoms with E-state index in [1.165, 1.54) is 48.2 Å². The number of nitrogens with zero attached hydrogens (tertiary/aromatic N) is 3. The zero-order valence-corrected chi connectivity index (χ0v) is 14.9. The summed E-state index contributed by atoms with van der Waals surface area (Å²) in [5, 5.41) is 8.89. The Morgan fingerprint density at radius 3 is 2.91 bits per heavy atom. The highest BCUT2D eigenvalue weighted by molar-refractivity contribution is 14.1. The quantitative estimate of drug-likeness (QED) is 0.669. The lowest BCUT2D eigenvalue weighted by atomic mass is 9.71. The molecule has 2 aliphatic rings. The third kappa shape index (κ3) is 2.29. The van der Waals surface area contributed by atoms with E-state index >= 15 is 0 Å². The van der Waals surface area contributed by atoms with E-state index < -0.39 is 0 Å². The Hall–Kier alpha value is -0.950. The second kappa shape index (κ2) is 5.92. The van der Waals surface area contributed by atoms with Gasteiger partial charge in [0.1, 0.15) is 5.69 Å². The van der Waals surface area contributed by atoms with E-state index in [0.29, 0.717) is 11.8 Å². The molecule has 0 radical (unpaired) electrons. The molecule has 1 heterocycles. The van der Waals surface area contributed by atoms with Crippen LogP contribution in [-0.2, 0) is 11.2 Å². The van der Waals surface area contributed by atoms with Crippen LogP contribution in [0.3, 0.4) is 0 Å². The number of aromatic nitrogens is 3. The molecule has 116 valence electrons. The maximum Gasteiger partial charge on any atom is 0.104 e. The van der Waals surface area contributed by atoms with Gasteiger partial charge in [0.25, 0.3) is 0 Å². The molecule has 2 aromatic rings. The summed E-state index contributed by atoms with van der Waals surface area (Å²) in [4.78, 5) is 0. The second-order valence-electron chi connectivity index (χ2n) is 6.37. The minimum atomic E-state index is 0.277. The molecule has 0 aliphatic heterocycles. The van der Waals surface area contributed by atoms with Gasteiger partial charge in [-0.25, -0.2) is 0 Å². The molecule has 5 heteroatoms. The van der Waals surface area contributed by atoms with Crippen molar-refractivity contribution in [3.8, 4) is 11.3 Å². The van der Waals surface area contributed by atoms with Crippen molar-refractivity contribution in [2.75, 3.05) is 7.11 Å². The van der Waals surface area contributed by atoms with Crippen LogP contribution in [0.2, 0.25) is 0 Å². The minimum absolute atomic E-state index is 0.277. The summed E-state index contributed by atoms with van der Waals surface area (Å²) >= 11 is 2.26. The number of hydrogen-bond acceptors (Lipinski definition) is 3. The van der Waals surface area contributed by atoms with Crippen molar-refractivity contribution in [1.82, 2.24) is 13.2 Å². The van der Waals surface area contributed by atoms with E-state index in [2.05, 4.69) is 57.4 Å². The average Bonchev–Trinajstić information content (AvgIpc) is 2.92. The van der Waals surface area contributed by atoms with Crippen molar-refractivity contribution >= 4 is 22.9 Å². The first-order valence-electron chi connectivity index (χ1n) is 8.02. The molecular weight excluding hydrogens is 389 g/mol. The average molecular weight is 409 g/mol. The molecule has 4 rings (SSSR count). The standard InChI is InChI=1S/C17H20IN3O/c1-22-15-10-11-6-2-3-7-12(11)17-16(19-20-21(17)18)14-9-5-4-8-13(14)15/h2-3,6-7,13-15H,4-5,8-10H2,1H3/t13-,14?,15?/m0/s1. The molecule has 0 N–H and O–H groups in total. The lowest BCUT2D eigenvalue weighted by Crippen LogP contribution is -2.34. The Morgan fingerprint density at radius 2 is 2.05 bits per heavy atom. The minimum Gasteiger partial charge on any atom is -0.381 e. The number of hydrogen-bond donors (Lipinski definition) is 0. The van der Waals surface area contributed by atoms with Gasteiger partial charge in [0.2, 0.25) is 0 Å². The van der Waals surface area contributed by atoms with Gasteiger partial charge in [0.15, 0.2) is 0 Å². The zero-order chi connectivity index (χ0) is 15.1. The highest BCUT2D eigenvalue weighted by atomic mass is 127. The molecule has 0 spiro atoms. The van der Waals surface area contributed by atoms with Gasteiger partial charge in [0, 0.05) is 18.6 Å². The van der Waals surface area contributed by atoms with E-state index in [4.69, 9.17) is 4.74 Å². The molecule has 2 aliphatic carbocycles. The summed E-state index contributed by atoms with van der Waals surface area (Å²) in [5.74, 6) is 1.03. The van der Waals surface area contributed by atoms with Gasteiger partial charge in [0.05, 0.1) is 34.7 Å². The molecule has 4 nitrogen and oxygen atoms in total. The highest BCUT2D eigenvalue weighted by Gasteiger charge is 2.39. The van der Waals surface area contributed by atoms with Crippen LogP contribution in [0.25, 0.3) is 11.3 Å². The third-order valence-electron chi connectivity index (χ3n) is 5.30. The van der Waals surface area contributed by atoms with Gasteiger partial charge >= 0.3 is 0 Å². The van der Waals surface area contributed by atoms with Crippen molar-refractivity contribution in [1.29, 1.82) is 0 Å². The lowest BCUT2D eigenvalue weighted by molar-refractivity contribution is 0.0258. The molecule has 1 saturated carbocycles. The molecule has 1 fully saturated rings. The van der Waals surface area contributed by atoms with Gasteiger partial charge in [-0.15, -0.1) is 5.10 Å². The maximum atomic E-state index is 5.92. The second-order valence-corrected chi connectivity index (χ2v) is 7.29. The van der Waals surface area contributed by atoms with Gasteiger partial charge in [-0.1, -0.05) is 42.3 Å². The van der Waals surface area contributed by atoms with E-state index in [1.807, 2.05) is 10.0 Å². The number of rotatable bonds is 1. The molecule has 1 aromatic heterocycles. The van der Waals surface area contributed by atoms with Crippen molar-refractivity contribution in [3.05, 3.63) is 35.5 Å². The van der Waals surface area contributed by atoms with Crippen LogP contribution in [-0.4, -0.2) is 26.4 Å². The Bertz CT molecular complexity index is 684. The van der Waals surface area contributed by atoms with E-state index in [-0.39, 0.29) is 6.10 Å². The third-order valence-corrected chi connectivity index (χ3v) is 5.98. The number of halogens is 1. The lowest BCUT2D eigenvalue weighted by Gasteiger charge is -2.37. The monoisotopic (exact) mass is 409 g/mol. The predicted octanol–water partition coefficient (Wildman–Crippen LogP) is 3.99. The molecule has 0 amide bonds. The van der Waals surface area contributed by atoms with Crippen LogP contribution in [0.15, 0.2) is 24.3 Å². The Morgan fingerprint density at radius 1 is 1.23 bits per heavy atom. The van der Waals surface area contributed by atoms with E-state index in [9.17, 15) is 0 Å². The summed E-state index contributed by atoms with van der Waals surface area (Å²) < 4.78 is 7.84. The predicted molar refractivity (Wildman–Crippen MR) is 94.1 cm³/mol. The van der Waals surface area contributed by atoms with Gasteiger partial charge < -0.3 is 4.74 Å². The molecule has 0 saturated heterocycles. The molecule has 1 aromatic carbocycles. The smallest absolute Gasteiger partial charge is 0.104 e. The summed E-state index contributed by atoms with van der Waals surface area (Å²) in [6.07, 6.45) is 6.28. The SMILES string of the molecule is COC1Cc2ccccc2-c2c(nnn2I)C2CCCC[C@H]12. The summed E-state index contributed by atoms with van der Waals surface area (Å²) in [5.41, 5.74) is 4.98. The zero-order valence-electron chi connectivity index (χ0n) is 12.7. The first-order chi connectivity index (χ1) is 10.8. The largest absolute Gasteiger partial charge is 0.381 e.